The summed E-state index contributed by atoms with van der Waals surface area (Å²) in [5, 5.41) is 6.00. The number of ether oxygens (including phenoxy) is 2. The van der Waals surface area contributed by atoms with Gasteiger partial charge in [-0.3, -0.25) is 9.59 Å². The SMILES string of the molecule is COC(=O)N[C@H](C(=O)N1CC(SC)C[C@H]1c1ncc(-c2ccc(-c3ccc(-c4nc([C@@H]5CCCN5C(=O)[C@@H](NC(=O)OC)c5ccccc5)[nH]c4Cl)cc3)cc2)[nH]1)c1ccccc1. The second kappa shape index (κ2) is 19.2. The van der Waals surface area contributed by atoms with Crippen LogP contribution in [0.25, 0.3) is 33.6 Å². The fraction of sp³-hybridized carbons (Fsp3) is 0.277. The van der Waals surface area contributed by atoms with Crippen LogP contribution in [0.1, 0.15) is 66.2 Å². The van der Waals surface area contributed by atoms with Gasteiger partial charge >= 0.3 is 12.2 Å². The van der Waals surface area contributed by atoms with Crippen molar-refractivity contribution in [2.45, 2.75) is 48.7 Å². The lowest BCUT2D eigenvalue weighted by Crippen LogP contribution is -2.43. The number of rotatable bonds is 12. The molecule has 4 amide bonds. The van der Waals surface area contributed by atoms with Gasteiger partial charge in [-0.2, -0.15) is 11.8 Å². The minimum atomic E-state index is -0.923. The maximum Gasteiger partial charge on any atom is 0.407 e. The fourth-order valence-electron chi connectivity index (χ4n) is 8.37. The van der Waals surface area contributed by atoms with Gasteiger partial charge in [0.05, 0.1) is 38.2 Å². The molecule has 4 aromatic carbocycles. The van der Waals surface area contributed by atoms with E-state index in [1.54, 1.807) is 39.9 Å². The zero-order valence-corrected chi connectivity index (χ0v) is 36.5. The van der Waals surface area contributed by atoms with Crippen molar-refractivity contribution in [3.8, 4) is 33.6 Å². The first kappa shape index (κ1) is 43.1. The van der Waals surface area contributed by atoms with Gasteiger partial charge in [0.25, 0.3) is 11.8 Å². The van der Waals surface area contributed by atoms with Crippen molar-refractivity contribution in [1.82, 2.24) is 40.4 Å². The smallest absolute Gasteiger partial charge is 0.407 e. The Morgan fingerprint density at radius 3 is 1.81 bits per heavy atom. The molecule has 63 heavy (non-hydrogen) atoms. The Labute approximate surface area is 374 Å². The van der Waals surface area contributed by atoms with Gasteiger partial charge in [0.15, 0.2) is 0 Å². The molecule has 14 nitrogen and oxygen atoms in total. The predicted octanol–water partition coefficient (Wildman–Crippen LogP) is 8.65. The molecule has 324 valence electrons. The van der Waals surface area contributed by atoms with E-state index in [1.807, 2.05) is 103 Å². The van der Waals surface area contributed by atoms with Gasteiger partial charge < -0.3 is 39.9 Å². The van der Waals surface area contributed by atoms with E-state index in [0.29, 0.717) is 59.6 Å². The summed E-state index contributed by atoms with van der Waals surface area (Å²) < 4.78 is 9.69. The number of imidazole rings is 2. The van der Waals surface area contributed by atoms with Crippen LogP contribution >= 0.6 is 23.4 Å². The lowest BCUT2D eigenvalue weighted by atomic mass is 10.0. The minimum Gasteiger partial charge on any atom is -0.453 e. The van der Waals surface area contributed by atoms with Crippen molar-refractivity contribution in [3.05, 3.63) is 143 Å². The van der Waals surface area contributed by atoms with E-state index in [1.165, 1.54) is 14.2 Å². The molecule has 5 atom stereocenters. The number of carbonyl (C=O) groups is 4. The number of carbonyl (C=O) groups excluding carboxylic acids is 4. The third kappa shape index (κ3) is 9.30. The number of nitrogens with one attached hydrogen (secondary N) is 4. The van der Waals surface area contributed by atoms with Gasteiger partial charge in [0, 0.05) is 23.9 Å². The number of aromatic nitrogens is 4. The first-order valence-corrected chi connectivity index (χ1v) is 22.3. The average Bonchev–Trinajstić information content (AvgIpc) is 4.17. The fourth-order valence-corrected chi connectivity index (χ4v) is 9.30. The maximum absolute atomic E-state index is 14.2. The molecule has 2 saturated heterocycles. The molecule has 1 unspecified atom stereocenters. The number of likely N-dealkylation sites (tertiary alicyclic amines) is 2. The van der Waals surface area contributed by atoms with Crippen LogP contribution in [-0.4, -0.2) is 92.6 Å². The Hall–Kier alpha value is -6.58. The van der Waals surface area contributed by atoms with E-state index < -0.39 is 24.3 Å². The molecule has 2 fully saturated rings. The quantitative estimate of drug-likeness (QED) is 0.0938. The molecule has 0 aliphatic carbocycles. The topological polar surface area (TPSA) is 175 Å². The summed E-state index contributed by atoms with van der Waals surface area (Å²) in [7, 11) is 2.55. The molecule has 2 aliphatic heterocycles. The van der Waals surface area contributed by atoms with Gasteiger partial charge in [-0.15, -0.1) is 0 Å². The third-order valence-corrected chi connectivity index (χ3v) is 12.9. The van der Waals surface area contributed by atoms with E-state index in [-0.39, 0.29) is 29.1 Å². The summed E-state index contributed by atoms with van der Waals surface area (Å²) in [6, 6.07) is 31.9. The van der Waals surface area contributed by atoms with Crippen LogP contribution in [0.15, 0.2) is 115 Å². The van der Waals surface area contributed by atoms with Crippen LogP contribution in [0.5, 0.6) is 0 Å². The Bertz CT molecular complexity index is 2550. The number of alkyl carbamates (subject to hydrolysis) is 2. The highest BCUT2D eigenvalue weighted by Crippen LogP contribution is 2.39. The van der Waals surface area contributed by atoms with Crippen molar-refractivity contribution in [2.75, 3.05) is 33.6 Å². The number of thioether (sulfide) groups is 1. The summed E-state index contributed by atoms with van der Waals surface area (Å²) in [5.41, 5.74) is 6.48. The normalized spacial score (nSPS) is 18.1. The van der Waals surface area contributed by atoms with Crippen LogP contribution in [0.3, 0.4) is 0 Å². The van der Waals surface area contributed by atoms with E-state index in [9.17, 15) is 19.2 Å². The summed E-state index contributed by atoms with van der Waals surface area (Å²) in [5.74, 6) is 0.772. The minimum absolute atomic E-state index is 0.198. The van der Waals surface area contributed by atoms with Gasteiger partial charge in [0.2, 0.25) is 0 Å². The molecule has 0 bridgehead atoms. The second-order valence-electron chi connectivity index (χ2n) is 15.4. The highest BCUT2D eigenvalue weighted by molar-refractivity contribution is 7.99. The lowest BCUT2D eigenvalue weighted by molar-refractivity contribution is -0.135. The number of hydrogen-bond acceptors (Lipinski definition) is 9. The molecule has 4 heterocycles. The maximum atomic E-state index is 14.2. The first-order chi connectivity index (χ1) is 30.6. The Kier molecular flexibility index (Phi) is 13.1. The zero-order valence-electron chi connectivity index (χ0n) is 34.9. The summed E-state index contributed by atoms with van der Waals surface area (Å²) in [6.07, 6.45) is 4.62. The number of hydrogen-bond donors (Lipinski definition) is 4. The average molecular weight is 887 g/mol. The molecule has 0 radical (unpaired) electrons. The van der Waals surface area contributed by atoms with Crippen LogP contribution in [0, 0.1) is 0 Å². The monoisotopic (exact) mass is 886 g/mol. The standard InChI is InChI=1S/C47H47ClN8O6S/c1-61-46(59)52-39(31-11-6-4-7-12-31)44(57)55-24-10-15-36(55)43-51-38(41(48)54-43)33-22-18-29(19-23-33)28-16-20-30(21-17-28)35-26-49-42(50-35)37-25-34(63-3)27-56(37)45(58)40(53-47(60)62-2)32-13-8-5-9-14-32/h4-9,11-14,16-23,26,34,36-37,39-40H,10,15,24-25,27H2,1-3H3,(H,49,50)(H,51,54)(H,52,59)(H,53,60)/t34?,36-,37-,39-,40-/m0/s1. The van der Waals surface area contributed by atoms with E-state index in [0.717, 1.165) is 34.4 Å². The molecule has 8 rings (SSSR count). The zero-order chi connectivity index (χ0) is 44.0. The molecule has 16 heteroatoms. The molecule has 2 aliphatic rings. The van der Waals surface area contributed by atoms with Crippen molar-refractivity contribution < 1.29 is 28.7 Å². The third-order valence-electron chi connectivity index (χ3n) is 11.7. The molecule has 2 aromatic heterocycles. The van der Waals surface area contributed by atoms with Crippen LogP contribution in [0.2, 0.25) is 5.15 Å². The number of benzene rings is 4. The number of amides is 4. The van der Waals surface area contributed by atoms with Crippen molar-refractivity contribution in [3.63, 3.8) is 0 Å². The molecule has 0 spiro atoms. The van der Waals surface area contributed by atoms with E-state index >= 15 is 0 Å². The van der Waals surface area contributed by atoms with Gasteiger partial charge in [-0.05, 0) is 53.3 Å². The van der Waals surface area contributed by atoms with Crippen LogP contribution in [0.4, 0.5) is 9.59 Å². The molecule has 6 aromatic rings. The number of nitrogens with zero attached hydrogens (tertiary/aromatic N) is 4. The highest BCUT2D eigenvalue weighted by atomic mass is 35.5. The Morgan fingerprint density at radius 1 is 0.714 bits per heavy atom. The Morgan fingerprint density at radius 2 is 1.25 bits per heavy atom. The van der Waals surface area contributed by atoms with E-state index in [2.05, 4.69) is 20.6 Å². The van der Waals surface area contributed by atoms with Gasteiger partial charge in [-0.1, -0.05) is 121 Å². The largest absolute Gasteiger partial charge is 0.453 e. The Balaban J connectivity index is 0.957. The predicted molar refractivity (Wildman–Crippen MR) is 242 cm³/mol. The number of H-pyrrole nitrogens is 2. The van der Waals surface area contributed by atoms with Gasteiger partial charge in [0.1, 0.15) is 34.6 Å². The molecular formula is C47H47ClN8O6S. The second-order valence-corrected chi connectivity index (χ2v) is 16.9. The molecule has 4 N–H and O–H groups in total. The highest BCUT2D eigenvalue weighted by Gasteiger charge is 2.41. The van der Waals surface area contributed by atoms with Crippen LogP contribution < -0.4 is 10.6 Å². The molecular weight excluding hydrogens is 840 g/mol. The van der Waals surface area contributed by atoms with Crippen molar-refractivity contribution in [1.29, 1.82) is 0 Å². The van der Waals surface area contributed by atoms with Crippen molar-refractivity contribution >= 4 is 47.4 Å². The summed E-state index contributed by atoms with van der Waals surface area (Å²) in [4.78, 5) is 72.6. The number of methoxy groups -OCH3 is 2. The summed E-state index contributed by atoms with van der Waals surface area (Å²) >= 11 is 8.47. The summed E-state index contributed by atoms with van der Waals surface area (Å²) in [6.45, 7) is 1.02. The number of aromatic amines is 2. The molecule has 0 saturated carbocycles. The number of halogens is 1. The first-order valence-electron chi connectivity index (χ1n) is 20.6. The van der Waals surface area contributed by atoms with Crippen LogP contribution in [-0.2, 0) is 19.1 Å². The lowest BCUT2D eigenvalue weighted by Gasteiger charge is -2.28. The van der Waals surface area contributed by atoms with Gasteiger partial charge in [-0.25, -0.2) is 19.6 Å². The van der Waals surface area contributed by atoms with E-state index in [4.69, 9.17) is 31.0 Å². The van der Waals surface area contributed by atoms with Crippen molar-refractivity contribution in [2.24, 2.45) is 0 Å².